The topological polar surface area (TPSA) is 101 Å². The molecule has 10 heteroatoms. The van der Waals surface area contributed by atoms with Crippen molar-refractivity contribution in [2.45, 2.75) is 12.7 Å². The van der Waals surface area contributed by atoms with E-state index in [0.29, 0.717) is 4.38 Å². The van der Waals surface area contributed by atoms with E-state index >= 15 is 0 Å². The molecule has 2 aromatic rings. The van der Waals surface area contributed by atoms with Gasteiger partial charge in [0.15, 0.2) is 0 Å². The molecule has 0 atom stereocenters. The van der Waals surface area contributed by atoms with E-state index < -0.39 is 5.09 Å². The fourth-order valence-electron chi connectivity index (χ4n) is 1.49. The number of thioether (sulfide) groups is 1. The van der Waals surface area contributed by atoms with Crippen molar-refractivity contribution in [1.29, 1.82) is 0 Å². The second-order valence-electron chi connectivity index (χ2n) is 4.28. The molecular formula is C15H15CuN4O3S2. The van der Waals surface area contributed by atoms with Crippen molar-refractivity contribution in [3.63, 3.8) is 0 Å². The second-order valence-corrected chi connectivity index (χ2v) is 5.89. The summed E-state index contributed by atoms with van der Waals surface area (Å²) >= 11 is 6.69. The van der Waals surface area contributed by atoms with Crippen LogP contribution in [0.3, 0.4) is 0 Å². The number of hydrogen-bond acceptors (Lipinski definition) is 7. The third-order valence-electron chi connectivity index (χ3n) is 2.52. The van der Waals surface area contributed by atoms with E-state index in [1.54, 1.807) is 6.20 Å². The van der Waals surface area contributed by atoms with E-state index in [9.17, 15) is 0 Å². The monoisotopic (exact) mass is 426 g/mol. The minimum absolute atomic E-state index is 0. The third-order valence-corrected chi connectivity index (χ3v) is 3.76. The maximum atomic E-state index is 8.36. The minimum Gasteiger partial charge on any atom is -0.752 e. The molecule has 136 valence electrons. The van der Waals surface area contributed by atoms with Gasteiger partial charge in [-0.2, -0.15) is 10.2 Å². The van der Waals surface area contributed by atoms with Crippen LogP contribution in [0.15, 0.2) is 64.9 Å². The molecule has 0 fully saturated rings. The molecule has 1 heterocycles. The SMILES string of the molecule is C/C(=N\N=C(/[S-])SCc1ccccc1)c1ccccn1.O=[N+]([O-])O.[Cu+]. The summed E-state index contributed by atoms with van der Waals surface area (Å²) in [6.07, 6.45) is 1.73. The summed E-state index contributed by atoms with van der Waals surface area (Å²) in [5.41, 5.74) is 2.79. The molecule has 0 saturated heterocycles. The molecule has 0 spiro atoms. The Hall–Kier alpha value is -2.00. The number of benzene rings is 1. The van der Waals surface area contributed by atoms with Crippen LogP contribution in [-0.4, -0.2) is 25.4 Å². The summed E-state index contributed by atoms with van der Waals surface area (Å²) < 4.78 is 0.532. The summed E-state index contributed by atoms with van der Waals surface area (Å²) in [7, 11) is 0. The molecule has 7 nitrogen and oxygen atoms in total. The zero-order valence-corrected chi connectivity index (χ0v) is 15.6. The van der Waals surface area contributed by atoms with Crippen LogP contribution in [0.1, 0.15) is 18.2 Å². The van der Waals surface area contributed by atoms with Gasteiger partial charge in [-0.3, -0.25) is 4.98 Å². The summed E-state index contributed by atoms with van der Waals surface area (Å²) in [5, 5.41) is 21.8. The van der Waals surface area contributed by atoms with Crippen LogP contribution in [-0.2, 0) is 35.5 Å². The molecule has 0 saturated carbocycles. The quantitative estimate of drug-likeness (QED) is 0.201. The van der Waals surface area contributed by atoms with Crippen LogP contribution in [0.25, 0.3) is 0 Å². The number of rotatable bonds is 4. The van der Waals surface area contributed by atoms with E-state index in [2.05, 4.69) is 27.3 Å². The Morgan fingerprint density at radius 1 is 1.24 bits per heavy atom. The Morgan fingerprint density at radius 2 is 1.84 bits per heavy atom. The third kappa shape index (κ3) is 11.2. The molecule has 0 aliphatic rings. The van der Waals surface area contributed by atoms with Gasteiger partial charge in [0.2, 0.25) is 0 Å². The van der Waals surface area contributed by atoms with Gasteiger partial charge >= 0.3 is 17.1 Å². The molecule has 0 bridgehead atoms. The van der Waals surface area contributed by atoms with Crippen LogP contribution >= 0.6 is 11.8 Å². The van der Waals surface area contributed by atoms with Gasteiger partial charge in [0, 0.05) is 11.9 Å². The molecule has 1 aromatic heterocycles. The molecule has 1 N–H and O–H groups in total. The van der Waals surface area contributed by atoms with Crippen LogP contribution in [0.5, 0.6) is 0 Å². The predicted octanol–water partition coefficient (Wildman–Crippen LogP) is 3.29. The standard InChI is InChI=1S/C15H15N3S2.Cu.HNO3/c1-12(14-9-5-6-10-16-14)17-18-15(19)20-11-13-7-3-2-4-8-13;;2-1(3)4/h2-10H,11H2,1H3,(H,18,19);;(H,2,3,4)/q;+1;/p-1/b17-12+;;. The minimum atomic E-state index is -1.50. The Kier molecular flexibility index (Phi) is 12.2. The van der Waals surface area contributed by atoms with Crippen molar-refractivity contribution in [3.05, 3.63) is 76.1 Å². The first kappa shape index (κ1) is 23.0. The number of pyridine rings is 1. The van der Waals surface area contributed by atoms with Crippen molar-refractivity contribution >= 4 is 34.5 Å². The summed E-state index contributed by atoms with van der Waals surface area (Å²) in [6.45, 7) is 1.87. The molecule has 0 aliphatic heterocycles. The largest absolute Gasteiger partial charge is 1.00 e. The average molecular weight is 427 g/mol. The number of hydrogen-bond donors (Lipinski definition) is 1. The maximum absolute atomic E-state index is 8.36. The second kappa shape index (κ2) is 13.3. The van der Waals surface area contributed by atoms with Crippen molar-refractivity contribution in [1.82, 2.24) is 4.98 Å². The van der Waals surface area contributed by atoms with Crippen molar-refractivity contribution < 1.29 is 27.4 Å². The summed E-state index contributed by atoms with van der Waals surface area (Å²) in [4.78, 5) is 12.6. The smallest absolute Gasteiger partial charge is 0.752 e. The summed E-state index contributed by atoms with van der Waals surface area (Å²) in [6, 6.07) is 15.8. The van der Waals surface area contributed by atoms with Gasteiger partial charge in [-0.25, -0.2) is 0 Å². The fraction of sp³-hybridized carbons (Fsp3) is 0.133. The Morgan fingerprint density at radius 3 is 2.40 bits per heavy atom. The number of aromatic nitrogens is 1. The van der Waals surface area contributed by atoms with Crippen LogP contribution in [0, 0.1) is 10.1 Å². The molecule has 2 rings (SSSR count). The van der Waals surface area contributed by atoms with Gasteiger partial charge in [-0.05, 0) is 29.0 Å². The van der Waals surface area contributed by atoms with E-state index in [0.717, 1.165) is 17.2 Å². The number of nitrogens with zero attached hydrogens (tertiary/aromatic N) is 4. The van der Waals surface area contributed by atoms with Crippen LogP contribution < -0.4 is 0 Å². The molecule has 0 amide bonds. The first-order chi connectivity index (χ1) is 11.5. The Balaban J connectivity index is 0.00000104. The molecule has 0 aliphatic carbocycles. The van der Waals surface area contributed by atoms with Crippen molar-refractivity contribution in [2.75, 3.05) is 0 Å². The first-order valence-corrected chi connectivity index (χ1v) is 8.09. The van der Waals surface area contributed by atoms with Crippen LogP contribution in [0.4, 0.5) is 0 Å². The van der Waals surface area contributed by atoms with E-state index in [-0.39, 0.29) is 17.1 Å². The molecule has 1 aromatic carbocycles. The van der Waals surface area contributed by atoms with Crippen molar-refractivity contribution in [3.8, 4) is 0 Å². The van der Waals surface area contributed by atoms with Gasteiger partial charge in [0.05, 0.1) is 11.4 Å². The zero-order valence-electron chi connectivity index (χ0n) is 13.1. The fourth-order valence-corrected chi connectivity index (χ4v) is 2.29. The van der Waals surface area contributed by atoms with E-state index in [1.807, 2.05) is 43.3 Å². The first-order valence-electron chi connectivity index (χ1n) is 6.69. The molecular weight excluding hydrogens is 412 g/mol. The normalized spacial score (nSPS) is 10.9. The Bertz CT molecular complexity index is 696. The Labute approximate surface area is 165 Å². The predicted molar refractivity (Wildman–Crippen MR) is 97.8 cm³/mol. The van der Waals surface area contributed by atoms with Crippen molar-refractivity contribution in [2.24, 2.45) is 10.2 Å². The van der Waals surface area contributed by atoms with E-state index in [1.165, 1.54) is 17.3 Å². The van der Waals surface area contributed by atoms with Crippen LogP contribution in [0.2, 0.25) is 0 Å². The van der Waals surface area contributed by atoms with Gasteiger partial charge < -0.3 is 17.8 Å². The molecule has 0 unspecified atom stereocenters. The van der Waals surface area contributed by atoms with Gasteiger partial charge in [-0.15, -0.1) is 21.9 Å². The van der Waals surface area contributed by atoms with Gasteiger partial charge in [0.25, 0.3) is 5.09 Å². The molecule has 0 radical (unpaired) electrons. The van der Waals surface area contributed by atoms with Gasteiger partial charge in [0.1, 0.15) is 0 Å². The zero-order chi connectivity index (χ0) is 17.8. The maximum Gasteiger partial charge on any atom is 1.00 e. The average Bonchev–Trinajstić information content (AvgIpc) is 2.59. The summed E-state index contributed by atoms with van der Waals surface area (Å²) in [5.74, 6) is 0.807. The van der Waals surface area contributed by atoms with Gasteiger partial charge in [-0.1, -0.05) is 36.4 Å². The van der Waals surface area contributed by atoms with E-state index in [4.69, 9.17) is 28.0 Å². The molecule has 25 heavy (non-hydrogen) atoms.